The Morgan fingerprint density at radius 2 is 2.11 bits per heavy atom. The van der Waals surface area contributed by atoms with E-state index in [1.54, 1.807) is 11.9 Å². The van der Waals surface area contributed by atoms with Crippen LogP contribution in [0.4, 0.5) is 0 Å². The van der Waals surface area contributed by atoms with Gasteiger partial charge in [0.15, 0.2) is 11.5 Å². The molecular formula is C20H22ClN3O3. The van der Waals surface area contributed by atoms with Crippen molar-refractivity contribution in [2.24, 2.45) is 11.3 Å². The summed E-state index contributed by atoms with van der Waals surface area (Å²) in [5.74, 6) is 1.05. The quantitative estimate of drug-likeness (QED) is 0.878. The molecule has 0 unspecified atom stereocenters. The maximum absolute atomic E-state index is 12.3. The van der Waals surface area contributed by atoms with E-state index in [1.165, 1.54) is 0 Å². The van der Waals surface area contributed by atoms with Gasteiger partial charge in [-0.15, -0.1) is 0 Å². The Morgan fingerprint density at radius 3 is 2.81 bits per heavy atom. The van der Waals surface area contributed by atoms with Gasteiger partial charge in [-0.2, -0.15) is 0 Å². The van der Waals surface area contributed by atoms with Gasteiger partial charge < -0.3 is 14.6 Å². The minimum atomic E-state index is -0.195. The van der Waals surface area contributed by atoms with Crippen molar-refractivity contribution < 1.29 is 14.0 Å². The highest BCUT2D eigenvalue weighted by Gasteiger charge is 2.55. The minimum absolute atomic E-state index is 0.0271. The van der Waals surface area contributed by atoms with Gasteiger partial charge in [-0.3, -0.25) is 9.59 Å². The molecule has 3 fully saturated rings. The number of carbonyl (C=O) groups excluding carboxylic acids is 2. The molecule has 1 atom stereocenters. The Bertz CT molecular complexity index is 926. The van der Waals surface area contributed by atoms with Gasteiger partial charge in [-0.05, 0) is 49.3 Å². The van der Waals surface area contributed by atoms with Crippen LogP contribution in [-0.4, -0.2) is 41.3 Å². The van der Waals surface area contributed by atoms with Crippen molar-refractivity contribution in [1.82, 2.24) is 15.2 Å². The van der Waals surface area contributed by atoms with Crippen LogP contribution < -0.4 is 5.32 Å². The molecule has 1 aromatic carbocycles. The van der Waals surface area contributed by atoms with Crippen LogP contribution in [0.2, 0.25) is 5.02 Å². The summed E-state index contributed by atoms with van der Waals surface area (Å²) in [5.41, 5.74) is 1.92. The molecule has 5 rings (SSSR count). The minimum Gasteiger partial charge on any atom is -0.440 e. The first-order valence-electron chi connectivity index (χ1n) is 9.51. The zero-order valence-corrected chi connectivity index (χ0v) is 16.0. The molecule has 1 spiro atoms. The van der Waals surface area contributed by atoms with Gasteiger partial charge in [-0.25, -0.2) is 4.98 Å². The van der Waals surface area contributed by atoms with Gasteiger partial charge in [0.25, 0.3) is 0 Å². The summed E-state index contributed by atoms with van der Waals surface area (Å²) in [4.78, 5) is 30.2. The lowest BCUT2D eigenvalue weighted by Crippen LogP contribution is -2.56. The molecular weight excluding hydrogens is 366 g/mol. The van der Waals surface area contributed by atoms with Crippen LogP contribution in [0, 0.1) is 11.3 Å². The van der Waals surface area contributed by atoms with Crippen LogP contribution >= 0.6 is 11.6 Å². The second-order valence-electron chi connectivity index (χ2n) is 8.56. The molecule has 27 heavy (non-hydrogen) atoms. The van der Waals surface area contributed by atoms with Crippen LogP contribution in [-0.2, 0) is 9.59 Å². The van der Waals surface area contributed by atoms with E-state index in [4.69, 9.17) is 16.0 Å². The van der Waals surface area contributed by atoms with E-state index in [9.17, 15) is 9.59 Å². The summed E-state index contributed by atoms with van der Waals surface area (Å²) in [6.45, 7) is 0.534. The lowest BCUT2D eigenvalue weighted by molar-refractivity contribution is -0.130. The number of benzene rings is 1. The summed E-state index contributed by atoms with van der Waals surface area (Å²) >= 11 is 6.02. The Morgan fingerprint density at radius 1 is 1.33 bits per heavy atom. The van der Waals surface area contributed by atoms with Gasteiger partial charge in [0.1, 0.15) is 5.52 Å². The molecule has 2 aromatic rings. The molecule has 1 N–H and O–H groups in total. The van der Waals surface area contributed by atoms with Gasteiger partial charge in [-0.1, -0.05) is 11.6 Å². The highest BCUT2D eigenvalue weighted by molar-refractivity contribution is 6.31. The maximum Gasteiger partial charge on any atom is 0.225 e. The molecule has 7 heteroatoms. The van der Waals surface area contributed by atoms with E-state index in [-0.39, 0.29) is 23.8 Å². The van der Waals surface area contributed by atoms with Crippen molar-refractivity contribution in [2.75, 3.05) is 13.6 Å². The number of nitrogens with zero attached hydrogens (tertiary/aromatic N) is 2. The normalized spacial score (nSPS) is 32.6. The third-order valence-electron chi connectivity index (χ3n) is 6.49. The largest absolute Gasteiger partial charge is 0.440 e. The van der Waals surface area contributed by atoms with Crippen LogP contribution in [0.25, 0.3) is 11.1 Å². The van der Waals surface area contributed by atoms with Gasteiger partial charge in [0, 0.05) is 37.0 Å². The lowest BCUT2D eigenvalue weighted by Gasteiger charge is -2.57. The number of hydrogen-bond donors (Lipinski definition) is 1. The van der Waals surface area contributed by atoms with E-state index in [2.05, 4.69) is 10.3 Å². The third-order valence-corrected chi connectivity index (χ3v) is 6.73. The average Bonchev–Trinajstić information content (AvgIpc) is 3.11. The van der Waals surface area contributed by atoms with Crippen LogP contribution in [0.1, 0.15) is 43.9 Å². The number of nitrogens with one attached hydrogen (secondary N) is 1. The molecule has 2 heterocycles. The zero-order valence-electron chi connectivity index (χ0n) is 15.2. The Hall–Kier alpha value is -2.08. The zero-order chi connectivity index (χ0) is 18.8. The summed E-state index contributed by atoms with van der Waals surface area (Å²) in [5, 5.41) is 3.80. The topological polar surface area (TPSA) is 75.4 Å². The maximum atomic E-state index is 12.3. The molecule has 0 bridgehead atoms. The number of rotatable bonds is 3. The number of halogens is 1. The SMILES string of the molecule is CN1C[C@@H](C(=O)NC2CC3(C2)CC(c2nc4cc(Cl)ccc4o2)C3)CC1=O. The Balaban J connectivity index is 1.14. The second kappa shape index (κ2) is 5.96. The van der Waals surface area contributed by atoms with Crippen molar-refractivity contribution in [3.05, 3.63) is 29.1 Å². The fourth-order valence-corrected chi connectivity index (χ4v) is 5.20. The predicted octanol–water partition coefficient (Wildman–Crippen LogP) is 3.10. The highest BCUT2D eigenvalue weighted by Crippen LogP contribution is 2.61. The van der Waals surface area contributed by atoms with E-state index in [1.807, 2.05) is 18.2 Å². The Labute approximate surface area is 162 Å². The Kier molecular flexibility index (Phi) is 3.76. The average molecular weight is 388 g/mol. The number of amides is 2. The van der Waals surface area contributed by atoms with E-state index < -0.39 is 0 Å². The summed E-state index contributed by atoms with van der Waals surface area (Å²) in [6, 6.07) is 5.75. The molecule has 1 aromatic heterocycles. The monoisotopic (exact) mass is 387 g/mol. The molecule has 0 radical (unpaired) electrons. The smallest absolute Gasteiger partial charge is 0.225 e. The van der Waals surface area contributed by atoms with Crippen molar-refractivity contribution in [3.8, 4) is 0 Å². The molecule has 2 saturated carbocycles. The number of fused-ring (bicyclic) bond motifs is 1. The van der Waals surface area contributed by atoms with Crippen LogP contribution in [0.15, 0.2) is 22.6 Å². The first-order chi connectivity index (χ1) is 12.9. The number of likely N-dealkylation sites (tertiary alicyclic amines) is 1. The molecule has 6 nitrogen and oxygen atoms in total. The van der Waals surface area contributed by atoms with E-state index in [0.29, 0.717) is 29.3 Å². The summed E-state index contributed by atoms with van der Waals surface area (Å²) in [7, 11) is 1.75. The van der Waals surface area contributed by atoms with Crippen molar-refractivity contribution in [1.29, 1.82) is 0 Å². The van der Waals surface area contributed by atoms with Gasteiger partial charge in [0.05, 0.1) is 5.92 Å². The molecule has 2 amide bonds. The summed E-state index contributed by atoms with van der Waals surface area (Å²) < 4.78 is 5.89. The van der Waals surface area contributed by atoms with Gasteiger partial charge >= 0.3 is 0 Å². The molecule has 2 aliphatic carbocycles. The first-order valence-corrected chi connectivity index (χ1v) is 9.89. The predicted molar refractivity (Wildman–Crippen MR) is 100 cm³/mol. The third kappa shape index (κ3) is 2.90. The van der Waals surface area contributed by atoms with Crippen molar-refractivity contribution >= 4 is 34.5 Å². The lowest BCUT2D eigenvalue weighted by atomic mass is 9.50. The molecule has 1 saturated heterocycles. The second-order valence-corrected chi connectivity index (χ2v) is 8.99. The highest BCUT2D eigenvalue weighted by atomic mass is 35.5. The number of oxazole rings is 1. The molecule has 142 valence electrons. The van der Waals surface area contributed by atoms with Crippen LogP contribution in [0.3, 0.4) is 0 Å². The standard InChI is InChI=1S/C20H22ClN3O3/c1-24-10-11(4-17(24)25)18(26)22-14-8-20(9-14)6-12(7-20)19-23-15-5-13(21)2-3-16(15)27-19/h2-3,5,11-12,14H,4,6-10H2,1H3,(H,22,26)/t11-,12?,14?,20?/m0/s1. The number of carbonyl (C=O) groups is 2. The molecule has 3 aliphatic rings. The fourth-order valence-electron chi connectivity index (χ4n) is 5.03. The molecule has 1 aliphatic heterocycles. The first kappa shape index (κ1) is 17.0. The fraction of sp³-hybridized carbons (Fsp3) is 0.550. The van der Waals surface area contributed by atoms with Crippen molar-refractivity contribution in [3.63, 3.8) is 0 Å². The van der Waals surface area contributed by atoms with Gasteiger partial charge in [0.2, 0.25) is 11.8 Å². The van der Waals surface area contributed by atoms with E-state index >= 15 is 0 Å². The summed E-state index contributed by atoms with van der Waals surface area (Å²) in [6.07, 6.45) is 4.48. The van der Waals surface area contributed by atoms with Crippen LogP contribution in [0.5, 0.6) is 0 Å². The number of hydrogen-bond acceptors (Lipinski definition) is 4. The van der Waals surface area contributed by atoms with E-state index in [0.717, 1.165) is 42.7 Å². The number of aromatic nitrogens is 1. The van der Waals surface area contributed by atoms with Crippen molar-refractivity contribution in [2.45, 2.75) is 44.1 Å².